The van der Waals surface area contributed by atoms with Crippen LogP contribution in [0.3, 0.4) is 0 Å². The Kier molecular flexibility index (Phi) is 3.84. The van der Waals surface area contributed by atoms with E-state index in [1.54, 1.807) is 0 Å². The second kappa shape index (κ2) is 5.76. The van der Waals surface area contributed by atoms with E-state index in [0.29, 0.717) is 0 Å². The van der Waals surface area contributed by atoms with Crippen molar-refractivity contribution < 1.29 is 9.90 Å². The molecule has 1 aliphatic rings. The van der Waals surface area contributed by atoms with Crippen molar-refractivity contribution in [1.29, 1.82) is 0 Å². The van der Waals surface area contributed by atoms with Gasteiger partial charge in [-0.3, -0.25) is 4.79 Å². The molecule has 1 saturated carbocycles. The van der Waals surface area contributed by atoms with Gasteiger partial charge in [0.1, 0.15) is 0 Å². The highest BCUT2D eigenvalue weighted by Gasteiger charge is 2.42. The molecule has 102 valence electrons. The van der Waals surface area contributed by atoms with E-state index < -0.39 is 13.9 Å². The van der Waals surface area contributed by atoms with Crippen LogP contribution in [0.25, 0.3) is 0 Å². The molecule has 0 bridgehead atoms. The van der Waals surface area contributed by atoms with Crippen LogP contribution in [0, 0.1) is 5.92 Å². The van der Waals surface area contributed by atoms with Crippen molar-refractivity contribution >= 4 is 24.5 Å². The summed E-state index contributed by atoms with van der Waals surface area (Å²) in [6.07, 6.45) is 1.84. The lowest BCUT2D eigenvalue weighted by atomic mass is 9.85. The topological polar surface area (TPSA) is 37.3 Å². The molecule has 0 amide bonds. The van der Waals surface area contributed by atoms with Crippen molar-refractivity contribution in [2.24, 2.45) is 5.92 Å². The fourth-order valence-electron chi connectivity index (χ4n) is 2.79. The van der Waals surface area contributed by atoms with E-state index in [2.05, 4.69) is 24.3 Å². The predicted molar refractivity (Wildman–Crippen MR) is 83.2 cm³/mol. The maximum absolute atomic E-state index is 11.4. The van der Waals surface area contributed by atoms with E-state index in [-0.39, 0.29) is 11.6 Å². The zero-order chi connectivity index (χ0) is 13.9. The van der Waals surface area contributed by atoms with Gasteiger partial charge in [-0.05, 0) is 31.4 Å². The van der Waals surface area contributed by atoms with Crippen LogP contribution < -0.4 is 10.6 Å². The highest BCUT2D eigenvalue weighted by molar-refractivity contribution is 7.73. The van der Waals surface area contributed by atoms with Gasteiger partial charge in [0, 0.05) is 5.66 Å². The normalized spacial score (nSPS) is 21.4. The third-order valence-corrected chi connectivity index (χ3v) is 6.95. The number of carbonyl (C=O) groups is 1. The molecule has 1 fully saturated rings. The number of hydrogen-bond acceptors (Lipinski definition) is 1. The van der Waals surface area contributed by atoms with Crippen molar-refractivity contribution in [1.82, 2.24) is 0 Å². The molecule has 20 heavy (non-hydrogen) atoms. The van der Waals surface area contributed by atoms with Crippen molar-refractivity contribution in [2.45, 2.75) is 18.5 Å². The number of aliphatic carboxylic acids is 1. The first kappa shape index (κ1) is 13.3. The van der Waals surface area contributed by atoms with Crippen molar-refractivity contribution in [3.8, 4) is 0 Å². The summed E-state index contributed by atoms with van der Waals surface area (Å²) in [6, 6.07) is 20.7. The first-order valence-electron chi connectivity index (χ1n) is 6.89. The first-order chi connectivity index (χ1) is 9.77. The molecule has 2 aromatic carbocycles. The lowest BCUT2D eigenvalue weighted by Crippen LogP contribution is -2.40. The predicted octanol–water partition coefficient (Wildman–Crippen LogP) is 2.98. The fourth-order valence-corrected chi connectivity index (χ4v) is 5.88. The first-order valence-corrected chi connectivity index (χ1v) is 8.30. The Bertz CT molecular complexity index is 543. The van der Waals surface area contributed by atoms with Gasteiger partial charge in [-0.2, -0.15) is 0 Å². The summed E-state index contributed by atoms with van der Waals surface area (Å²) >= 11 is 0. The molecule has 1 N–H and O–H groups in total. The molecule has 0 aromatic heterocycles. The Morgan fingerprint density at radius 3 is 1.75 bits per heavy atom. The molecule has 1 aliphatic carbocycles. The third kappa shape index (κ3) is 2.48. The minimum absolute atomic E-state index is 0.179. The van der Waals surface area contributed by atoms with Gasteiger partial charge in [-0.15, -0.1) is 0 Å². The van der Waals surface area contributed by atoms with Crippen molar-refractivity contribution in [3.05, 3.63) is 60.7 Å². The van der Waals surface area contributed by atoms with Crippen LogP contribution in [0.15, 0.2) is 60.7 Å². The average molecular weight is 284 g/mol. The standard InChI is InChI=1S/C17H17O2P/c18-17(19)15-11-12-16(15)20(13-7-3-1-4-8-13)14-9-5-2-6-10-14/h1-10,15-16H,11-12H2,(H,18,19). The molecular formula is C17H17O2P. The molecule has 3 rings (SSSR count). The van der Waals surface area contributed by atoms with Gasteiger partial charge >= 0.3 is 5.97 Å². The van der Waals surface area contributed by atoms with E-state index in [1.807, 2.05) is 36.4 Å². The molecule has 0 saturated heterocycles. The molecule has 0 radical (unpaired) electrons. The molecular weight excluding hydrogens is 267 g/mol. The molecule has 3 heteroatoms. The molecule has 0 heterocycles. The minimum Gasteiger partial charge on any atom is -0.481 e. The summed E-state index contributed by atoms with van der Waals surface area (Å²) < 4.78 is 0. The Balaban J connectivity index is 1.99. The van der Waals surface area contributed by atoms with Crippen LogP contribution >= 0.6 is 7.92 Å². The number of carboxylic acid groups (broad SMARTS) is 1. The Hall–Kier alpha value is -1.66. The van der Waals surface area contributed by atoms with Crippen LogP contribution in [0.2, 0.25) is 0 Å². The van der Waals surface area contributed by atoms with Gasteiger partial charge in [-0.1, -0.05) is 60.7 Å². The van der Waals surface area contributed by atoms with Crippen LogP contribution in [0.4, 0.5) is 0 Å². The fraction of sp³-hybridized carbons (Fsp3) is 0.235. The molecule has 2 nitrogen and oxygen atoms in total. The van der Waals surface area contributed by atoms with E-state index in [0.717, 1.165) is 12.8 Å². The number of benzene rings is 2. The maximum Gasteiger partial charge on any atom is 0.307 e. The van der Waals surface area contributed by atoms with Gasteiger partial charge in [0.05, 0.1) is 5.92 Å². The van der Waals surface area contributed by atoms with Crippen LogP contribution in [-0.2, 0) is 4.79 Å². The van der Waals surface area contributed by atoms with Gasteiger partial charge in [0.25, 0.3) is 0 Å². The molecule has 2 aromatic rings. The number of hydrogen-bond donors (Lipinski definition) is 1. The summed E-state index contributed by atoms with van der Waals surface area (Å²) in [5.74, 6) is -0.817. The zero-order valence-corrected chi connectivity index (χ0v) is 12.0. The highest BCUT2D eigenvalue weighted by Crippen LogP contribution is 2.52. The van der Waals surface area contributed by atoms with Crippen LogP contribution in [0.5, 0.6) is 0 Å². The smallest absolute Gasteiger partial charge is 0.307 e. The van der Waals surface area contributed by atoms with Crippen molar-refractivity contribution in [2.75, 3.05) is 0 Å². The maximum atomic E-state index is 11.4. The number of carboxylic acids is 1. The largest absolute Gasteiger partial charge is 0.481 e. The summed E-state index contributed by atoms with van der Waals surface area (Å²) in [4.78, 5) is 11.4. The molecule has 0 spiro atoms. The second-order valence-electron chi connectivity index (χ2n) is 5.13. The van der Waals surface area contributed by atoms with E-state index >= 15 is 0 Å². The lowest BCUT2D eigenvalue weighted by Gasteiger charge is -2.40. The number of rotatable bonds is 4. The third-order valence-electron chi connectivity index (χ3n) is 3.96. The highest BCUT2D eigenvalue weighted by atomic mass is 31.1. The van der Waals surface area contributed by atoms with Crippen LogP contribution in [-0.4, -0.2) is 16.7 Å². The Morgan fingerprint density at radius 2 is 1.40 bits per heavy atom. The van der Waals surface area contributed by atoms with Gasteiger partial charge in [0.2, 0.25) is 0 Å². The Morgan fingerprint density at radius 1 is 0.900 bits per heavy atom. The summed E-state index contributed by atoms with van der Waals surface area (Å²) in [7, 11) is -0.578. The van der Waals surface area contributed by atoms with E-state index in [9.17, 15) is 9.90 Å². The van der Waals surface area contributed by atoms with E-state index in [1.165, 1.54) is 10.6 Å². The van der Waals surface area contributed by atoms with Gasteiger partial charge in [0.15, 0.2) is 0 Å². The van der Waals surface area contributed by atoms with E-state index in [4.69, 9.17) is 0 Å². The molecule has 2 unspecified atom stereocenters. The Labute approximate surface area is 120 Å². The SMILES string of the molecule is O=C(O)C1CCC1P(c1ccccc1)c1ccccc1. The molecule has 0 aliphatic heterocycles. The minimum atomic E-state index is -0.638. The zero-order valence-electron chi connectivity index (χ0n) is 11.1. The molecule has 2 atom stereocenters. The monoisotopic (exact) mass is 284 g/mol. The van der Waals surface area contributed by atoms with Crippen LogP contribution in [0.1, 0.15) is 12.8 Å². The summed E-state index contributed by atoms with van der Waals surface area (Å²) in [6.45, 7) is 0. The quantitative estimate of drug-likeness (QED) is 0.876. The average Bonchev–Trinajstić information content (AvgIpc) is 2.44. The lowest BCUT2D eigenvalue weighted by molar-refractivity contribution is -0.144. The summed E-state index contributed by atoms with van der Waals surface area (Å²) in [5, 5.41) is 11.9. The summed E-state index contributed by atoms with van der Waals surface area (Å²) in [5.41, 5.74) is 0.271. The second-order valence-corrected chi connectivity index (χ2v) is 7.57. The van der Waals surface area contributed by atoms with Gasteiger partial charge in [-0.25, -0.2) is 0 Å². The van der Waals surface area contributed by atoms with Crippen molar-refractivity contribution in [3.63, 3.8) is 0 Å². The van der Waals surface area contributed by atoms with Gasteiger partial charge < -0.3 is 5.11 Å².